The molecule has 10 N–H and O–H groups in total. The molecule has 5 atom stereocenters. The summed E-state index contributed by atoms with van der Waals surface area (Å²) in [6, 6.07) is 3.16. The topological polar surface area (TPSA) is 254 Å². The maximum absolute atomic E-state index is 14.1. The van der Waals surface area contributed by atoms with Crippen molar-refractivity contribution < 1.29 is 38.7 Å². The summed E-state index contributed by atoms with van der Waals surface area (Å²) in [5.41, 5.74) is 17.4. The highest BCUT2D eigenvalue weighted by atomic mass is 16.3. The van der Waals surface area contributed by atoms with Crippen LogP contribution in [0.3, 0.4) is 0 Å². The highest BCUT2D eigenvalue weighted by Crippen LogP contribution is 2.20. The van der Waals surface area contributed by atoms with Crippen molar-refractivity contribution in [2.45, 2.75) is 212 Å². The number of amides is 4. The van der Waals surface area contributed by atoms with E-state index in [1.54, 1.807) is 12.1 Å². The maximum atomic E-state index is 14.1. The molecule has 0 bridgehead atoms. The molecule has 372 valence electrons. The van der Waals surface area contributed by atoms with Crippen LogP contribution in [0.4, 0.5) is 0 Å². The second kappa shape index (κ2) is 37.5. The van der Waals surface area contributed by atoms with Gasteiger partial charge in [-0.1, -0.05) is 116 Å². The van der Waals surface area contributed by atoms with Crippen molar-refractivity contribution in [1.82, 2.24) is 16.0 Å². The van der Waals surface area contributed by atoms with E-state index in [0.717, 1.165) is 38.5 Å². The Labute approximate surface area is 396 Å². The Bertz CT molecular complexity index is 1610. The fraction of sp³-hybridized carbons (Fsp3) is 0.712. The lowest BCUT2D eigenvalue weighted by molar-refractivity contribution is -0.134. The Kier molecular flexibility index (Phi) is 33.7. The molecule has 0 saturated carbocycles. The van der Waals surface area contributed by atoms with E-state index in [4.69, 9.17) is 23.6 Å². The van der Waals surface area contributed by atoms with Gasteiger partial charge in [-0.3, -0.25) is 33.6 Å². The average molecular weight is 923 g/mol. The second-order valence-corrected chi connectivity index (χ2v) is 18.3. The zero-order valence-corrected chi connectivity index (χ0v) is 40.5. The van der Waals surface area contributed by atoms with Gasteiger partial charge in [-0.15, -0.1) is 12.3 Å². The van der Waals surface area contributed by atoms with Crippen molar-refractivity contribution in [2.75, 3.05) is 13.1 Å². The monoisotopic (exact) mass is 923 g/mol. The van der Waals surface area contributed by atoms with E-state index in [9.17, 15) is 38.7 Å². The Morgan fingerprint density at radius 2 is 1.12 bits per heavy atom. The number of phenolic OH excluding ortho intramolecular Hbond substituents is 1. The first kappa shape index (κ1) is 59.4. The van der Waals surface area contributed by atoms with E-state index in [0.29, 0.717) is 44.3 Å². The van der Waals surface area contributed by atoms with Crippen molar-refractivity contribution in [3.63, 3.8) is 0 Å². The van der Waals surface area contributed by atoms with E-state index in [1.807, 2.05) is 6.92 Å². The predicted molar refractivity (Wildman–Crippen MR) is 262 cm³/mol. The quantitative estimate of drug-likeness (QED) is 0.0263. The number of rotatable bonds is 42. The molecule has 0 fully saturated rings. The number of nitrogens with one attached hydrogen (secondary N) is 3. The van der Waals surface area contributed by atoms with Crippen molar-refractivity contribution >= 4 is 41.0 Å². The third-order valence-electron chi connectivity index (χ3n) is 12.2. The number of carbonyl (C=O) groups is 7. The number of nitrogens with two attached hydrogens (primary N) is 3. The predicted octanol–water partition coefficient (Wildman–Crippen LogP) is 6.94. The lowest BCUT2D eigenvalue weighted by Crippen LogP contribution is -2.47. The van der Waals surface area contributed by atoms with E-state index in [2.05, 4.69) is 28.8 Å². The van der Waals surface area contributed by atoms with Gasteiger partial charge in [0, 0.05) is 50.9 Å². The normalized spacial score (nSPS) is 13.4. The fourth-order valence-corrected chi connectivity index (χ4v) is 8.07. The minimum Gasteiger partial charge on any atom is -0.508 e. The molecule has 14 heteroatoms. The van der Waals surface area contributed by atoms with Crippen molar-refractivity contribution in [2.24, 2.45) is 29.0 Å². The molecule has 0 saturated heterocycles. The summed E-state index contributed by atoms with van der Waals surface area (Å²) in [5.74, 6) is -1.72. The Balaban J connectivity index is 2.95. The van der Waals surface area contributed by atoms with Crippen LogP contribution in [0, 0.1) is 24.2 Å². The van der Waals surface area contributed by atoms with E-state index < -0.39 is 53.3 Å². The number of Topliss-reactive ketones (excluding diaryl/α,β-unsaturated/α-hetero) is 3. The first-order chi connectivity index (χ1) is 31.7. The van der Waals surface area contributed by atoms with Crippen LogP contribution in [0.2, 0.25) is 0 Å². The summed E-state index contributed by atoms with van der Waals surface area (Å²) < 4.78 is 0. The first-order valence-electron chi connectivity index (χ1n) is 25.1. The molecule has 1 rings (SSSR count). The van der Waals surface area contributed by atoms with Crippen molar-refractivity contribution in [1.29, 1.82) is 0 Å². The molecule has 66 heavy (non-hydrogen) atoms. The van der Waals surface area contributed by atoms with Gasteiger partial charge >= 0.3 is 0 Å². The third-order valence-corrected chi connectivity index (χ3v) is 12.2. The number of hydrogen-bond donors (Lipinski definition) is 7. The number of carbonyl (C=O) groups excluding carboxylic acids is 7. The molecule has 0 aromatic heterocycles. The zero-order chi connectivity index (χ0) is 49.0. The summed E-state index contributed by atoms with van der Waals surface area (Å²) in [7, 11) is 0. The molecule has 0 aliphatic heterocycles. The van der Waals surface area contributed by atoms with Crippen LogP contribution in [0.25, 0.3) is 0 Å². The highest BCUT2D eigenvalue weighted by molar-refractivity contribution is 5.96. The largest absolute Gasteiger partial charge is 0.508 e. The van der Waals surface area contributed by atoms with E-state index in [1.165, 1.54) is 69.9 Å². The zero-order valence-electron chi connectivity index (χ0n) is 40.5. The molecular formula is C52H86N6O8. The molecule has 0 aliphatic rings. The molecule has 4 amide bonds. The van der Waals surface area contributed by atoms with Crippen LogP contribution >= 0.6 is 0 Å². The van der Waals surface area contributed by atoms with Gasteiger partial charge in [0.05, 0.1) is 18.1 Å². The van der Waals surface area contributed by atoms with Crippen LogP contribution < -0.4 is 33.2 Å². The van der Waals surface area contributed by atoms with Crippen LogP contribution in [-0.2, 0) is 40.0 Å². The number of benzene rings is 1. The molecule has 0 spiro atoms. The van der Waals surface area contributed by atoms with Crippen LogP contribution in [-0.4, -0.2) is 77.3 Å². The number of primary amides is 1. The number of aromatic hydroxyl groups is 1. The lowest BCUT2D eigenvalue weighted by Gasteiger charge is -2.25. The summed E-state index contributed by atoms with van der Waals surface area (Å²) in [6.07, 6.45) is 24.4. The summed E-state index contributed by atoms with van der Waals surface area (Å²) in [6.45, 7) is 5.20. The summed E-state index contributed by atoms with van der Waals surface area (Å²) in [5, 5.41) is 18.2. The van der Waals surface area contributed by atoms with Gasteiger partial charge < -0.3 is 38.3 Å². The molecular weight excluding hydrogens is 837 g/mol. The Morgan fingerprint density at radius 1 is 0.591 bits per heavy atom. The summed E-state index contributed by atoms with van der Waals surface area (Å²) in [4.78, 5) is 93.0. The van der Waals surface area contributed by atoms with Gasteiger partial charge in [0.2, 0.25) is 23.6 Å². The van der Waals surface area contributed by atoms with Gasteiger partial charge in [0.25, 0.3) is 0 Å². The second-order valence-electron chi connectivity index (χ2n) is 18.3. The SMILES string of the molecule is C#CCC(NC(=O)CCCCCCCCCCCCCCC)C(=O)CCC(=O)N[C@@H](Cc1ccc(O)cc1)C(=O)C[C@@H](CCC(N)=O)C(=O)N[C@@H](CCCCN)C(=O)C[C@H](C)CCCCN. The minimum atomic E-state index is -1.15. The van der Waals surface area contributed by atoms with Crippen LogP contribution in [0.15, 0.2) is 24.3 Å². The van der Waals surface area contributed by atoms with Gasteiger partial charge in [-0.05, 0) is 81.6 Å². The molecule has 1 aromatic carbocycles. The minimum absolute atomic E-state index is 0.000171. The van der Waals surface area contributed by atoms with Gasteiger partial charge in [0.15, 0.2) is 17.3 Å². The molecule has 0 aliphatic carbocycles. The molecule has 14 nitrogen and oxygen atoms in total. The number of ketones is 3. The highest BCUT2D eigenvalue weighted by Gasteiger charge is 2.31. The van der Waals surface area contributed by atoms with E-state index in [-0.39, 0.29) is 81.1 Å². The number of hydrogen-bond acceptors (Lipinski definition) is 10. The van der Waals surface area contributed by atoms with Gasteiger partial charge in [-0.2, -0.15) is 0 Å². The first-order valence-corrected chi connectivity index (χ1v) is 25.1. The summed E-state index contributed by atoms with van der Waals surface area (Å²) >= 11 is 0. The van der Waals surface area contributed by atoms with Crippen LogP contribution in [0.1, 0.15) is 193 Å². The van der Waals surface area contributed by atoms with E-state index >= 15 is 0 Å². The van der Waals surface area contributed by atoms with Crippen LogP contribution in [0.5, 0.6) is 5.75 Å². The fourth-order valence-electron chi connectivity index (χ4n) is 8.07. The smallest absolute Gasteiger partial charge is 0.224 e. The van der Waals surface area contributed by atoms with Gasteiger partial charge in [0.1, 0.15) is 5.75 Å². The van der Waals surface area contributed by atoms with Gasteiger partial charge in [-0.25, -0.2) is 0 Å². The number of unbranched alkanes of at least 4 members (excludes halogenated alkanes) is 14. The number of terminal acetylenes is 1. The standard InChI is InChI=1S/C52H86N6O8/c1-4-6-7-8-9-10-11-12-13-14-15-16-17-25-50(64)56-43(22-5-2)46(60)31-33-51(65)57-45(37-40-26-29-42(59)30-27-40)48(62)38-41(28-32-49(55)63)52(66)58-44(24-19-21-35-54)47(61)36-39(3)23-18-20-34-53/h2,26-27,29-30,39,41,43-45,59H,4,6-25,28,31-38,53-54H2,1,3H3,(H2,55,63)(H,56,64)(H,57,65)(H,58,66)/t39-,41-,43?,44+,45+/m1/s1. The lowest BCUT2D eigenvalue weighted by atomic mass is 9.89. The maximum Gasteiger partial charge on any atom is 0.224 e. The Hall–Kier alpha value is -4.61. The molecule has 1 unspecified atom stereocenters. The average Bonchev–Trinajstić information content (AvgIpc) is 3.28. The third kappa shape index (κ3) is 29.1. The van der Waals surface area contributed by atoms with Crippen molar-refractivity contribution in [3.8, 4) is 18.1 Å². The molecule has 1 aromatic rings. The molecule has 0 heterocycles. The van der Waals surface area contributed by atoms with Crippen molar-refractivity contribution in [3.05, 3.63) is 29.8 Å². The number of phenols is 1. The molecule has 0 radical (unpaired) electrons. The Morgan fingerprint density at radius 3 is 1.68 bits per heavy atom.